The van der Waals surface area contributed by atoms with Gasteiger partial charge in [-0.15, -0.1) is 22.7 Å². The molecule has 2 aromatic carbocycles. The molecule has 0 amide bonds. The highest BCUT2D eigenvalue weighted by atomic mass is 32.2. The molecule has 4 aromatic rings. The fraction of sp³-hybridized carbons (Fsp3) is 0.417. The Morgan fingerprint density at radius 2 is 1.35 bits per heavy atom. The van der Waals surface area contributed by atoms with E-state index in [2.05, 4.69) is 76.4 Å². The molecular formula is C24H29N3S4. The van der Waals surface area contributed by atoms with Crippen molar-refractivity contribution in [1.29, 1.82) is 0 Å². The van der Waals surface area contributed by atoms with Crippen molar-refractivity contribution in [1.82, 2.24) is 14.0 Å². The normalized spacial score (nSPS) is 12.9. The average molecular weight is 488 g/mol. The number of para-hydroxylation sites is 2. The van der Waals surface area contributed by atoms with Gasteiger partial charge in [-0.1, -0.05) is 57.4 Å². The molecule has 164 valence electrons. The monoisotopic (exact) mass is 487 g/mol. The number of aromatic nitrogens is 2. The number of benzene rings is 2. The van der Waals surface area contributed by atoms with E-state index in [9.17, 15) is 0 Å². The standard InChI is InChI=1S/C24H29N3S4/c1-3-5-10-18(4-2)15-25(16-26-19-11-6-8-13-21(19)30-23(26)28)17-27-20-12-7-9-14-22(20)31-24(27)29/h6-9,11-14,18H,3-5,10,15-17H2,1-2H3. The largest absolute Gasteiger partial charge is 0.309 e. The zero-order chi connectivity index (χ0) is 21.8. The summed E-state index contributed by atoms with van der Waals surface area (Å²) in [5.74, 6) is 0.679. The van der Waals surface area contributed by atoms with Gasteiger partial charge < -0.3 is 9.13 Å². The van der Waals surface area contributed by atoms with E-state index in [0.29, 0.717) is 5.92 Å². The van der Waals surface area contributed by atoms with Crippen LogP contribution < -0.4 is 0 Å². The fourth-order valence-electron chi connectivity index (χ4n) is 4.14. The van der Waals surface area contributed by atoms with Gasteiger partial charge in [-0.3, -0.25) is 4.90 Å². The summed E-state index contributed by atoms with van der Waals surface area (Å²) < 4.78 is 8.96. The lowest BCUT2D eigenvalue weighted by atomic mass is 9.99. The predicted molar refractivity (Wildman–Crippen MR) is 141 cm³/mol. The average Bonchev–Trinajstić information content (AvgIpc) is 3.27. The highest BCUT2D eigenvalue weighted by Gasteiger charge is 2.17. The minimum Gasteiger partial charge on any atom is -0.309 e. The van der Waals surface area contributed by atoms with Gasteiger partial charge in [-0.05, 0) is 61.0 Å². The predicted octanol–water partition coefficient (Wildman–Crippen LogP) is 8.31. The van der Waals surface area contributed by atoms with Gasteiger partial charge in [-0.25, -0.2) is 0 Å². The van der Waals surface area contributed by atoms with Crippen molar-refractivity contribution in [3.05, 3.63) is 56.4 Å². The van der Waals surface area contributed by atoms with Crippen LogP contribution in [0, 0.1) is 13.8 Å². The molecule has 0 N–H and O–H groups in total. The third-order valence-corrected chi connectivity index (χ3v) is 8.75. The zero-order valence-corrected chi connectivity index (χ0v) is 21.4. The van der Waals surface area contributed by atoms with Crippen LogP contribution >= 0.6 is 47.1 Å². The Bertz CT molecular complexity index is 1170. The van der Waals surface area contributed by atoms with Crippen molar-refractivity contribution in [2.24, 2.45) is 5.92 Å². The molecule has 0 aliphatic heterocycles. The SMILES string of the molecule is CCCCC(CC)CN(Cn1c(=S)sc2ccccc21)Cn1c(=S)sc2ccccc21. The molecule has 0 saturated carbocycles. The summed E-state index contributed by atoms with van der Waals surface area (Å²) in [6, 6.07) is 17.1. The number of thiazole rings is 2. The molecule has 0 saturated heterocycles. The number of unbranched alkanes of at least 4 members (excludes halogenated alkanes) is 1. The molecule has 0 spiro atoms. The number of hydrogen-bond donors (Lipinski definition) is 0. The van der Waals surface area contributed by atoms with Crippen LogP contribution in [0.15, 0.2) is 48.5 Å². The first kappa shape index (κ1) is 22.8. The van der Waals surface area contributed by atoms with E-state index in [1.165, 1.54) is 46.1 Å². The minimum atomic E-state index is 0.679. The maximum absolute atomic E-state index is 5.76. The molecule has 0 fully saturated rings. The van der Waals surface area contributed by atoms with Gasteiger partial charge in [0.1, 0.15) is 0 Å². The van der Waals surface area contributed by atoms with Gasteiger partial charge in [0.25, 0.3) is 0 Å². The highest BCUT2D eigenvalue weighted by Crippen LogP contribution is 2.26. The smallest absolute Gasteiger partial charge is 0.163 e. The first-order valence-corrected chi connectivity index (χ1v) is 13.4. The van der Waals surface area contributed by atoms with Crippen LogP contribution in [0.2, 0.25) is 0 Å². The second-order valence-corrected chi connectivity index (χ2v) is 11.4. The van der Waals surface area contributed by atoms with E-state index in [1.807, 2.05) is 0 Å². The summed E-state index contributed by atoms with van der Waals surface area (Å²) >= 11 is 14.9. The van der Waals surface area contributed by atoms with E-state index in [0.717, 1.165) is 27.8 Å². The summed E-state index contributed by atoms with van der Waals surface area (Å²) in [6.45, 7) is 7.22. The van der Waals surface area contributed by atoms with Crippen LogP contribution in [0.25, 0.3) is 20.4 Å². The molecule has 3 nitrogen and oxygen atoms in total. The molecule has 1 atom stereocenters. The molecule has 7 heteroatoms. The molecule has 0 bridgehead atoms. The van der Waals surface area contributed by atoms with Crippen LogP contribution in [0.1, 0.15) is 39.5 Å². The van der Waals surface area contributed by atoms with Gasteiger partial charge >= 0.3 is 0 Å². The Kier molecular flexibility index (Phi) is 7.72. The van der Waals surface area contributed by atoms with Crippen molar-refractivity contribution in [2.45, 2.75) is 52.9 Å². The van der Waals surface area contributed by atoms with E-state index in [4.69, 9.17) is 24.4 Å². The Morgan fingerprint density at radius 3 is 1.84 bits per heavy atom. The first-order chi connectivity index (χ1) is 15.1. The summed E-state index contributed by atoms with van der Waals surface area (Å²) in [5, 5.41) is 0. The number of fused-ring (bicyclic) bond motifs is 2. The quantitative estimate of drug-likeness (QED) is 0.209. The van der Waals surface area contributed by atoms with Crippen LogP contribution in [0.5, 0.6) is 0 Å². The summed E-state index contributed by atoms with van der Waals surface area (Å²) in [5.41, 5.74) is 2.45. The maximum atomic E-state index is 5.76. The summed E-state index contributed by atoms with van der Waals surface area (Å²) in [4.78, 5) is 2.54. The lowest BCUT2D eigenvalue weighted by Crippen LogP contribution is -2.33. The molecule has 1 unspecified atom stereocenters. The van der Waals surface area contributed by atoms with Gasteiger partial charge in [0.05, 0.1) is 33.8 Å². The molecular weight excluding hydrogens is 459 g/mol. The molecule has 0 radical (unpaired) electrons. The highest BCUT2D eigenvalue weighted by molar-refractivity contribution is 7.74. The topological polar surface area (TPSA) is 13.1 Å². The number of nitrogens with zero attached hydrogens (tertiary/aromatic N) is 3. The molecule has 4 rings (SSSR count). The lowest BCUT2D eigenvalue weighted by molar-refractivity contribution is 0.140. The summed E-state index contributed by atoms with van der Waals surface area (Å²) in [6.07, 6.45) is 5.00. The van der Waals surface area contributed by atoms with Crippen molar-refractivity contribution in [3.63, 3.8) is 0 Å². The third kappa shape index (κ3) is 5.17. The van der Waals surface area contributed by atoms with Gasteiger partial charge in [0.15, 0.2) is 7.91 Å². The second kappa shape index (κ2) is 10.5. The Labute approximate surface area is 202 Å². The molecule has 2 heterocycles. The van der Waals surface area contributed by atoms with E-state index >= 15 is 0 Å². The van der Waals surface area contributed by atoms with Crippen molar-refractivity contribution >= 4 is 67.5 Å². The van der Waals surface area contributed by atoms with Crippen molar-refractivity contribution < 1.29 is 0 Å². The fourth-order valence-corrected chi connectivity index (χ4v) is 6.76. The molecule has 31 heavy (non-hydrogen) atoms. The second-order valence-electron chi connectivity index (χ2n) is 8.08. The van der Waals surface area contributed by atoms with Gasteiger partial charge in [0, 0.05) is 6.54 Å². The lowest BCUT2D eigenvalue weighted by Gasteiger charge is -2.28. The molecule has 2 aromatic heterocycles. The number of hydrogen-bond acceptors (Lipinski definition) is 5. The first-order valence-electron chi connectivity index (χ1n) is 11.0. The van der Waals surface area contributed by atoms with Crippen LogP contribution in [0.4, 0.5) is 0 Å². The maximum Gasteiger partial charge on any atom is 0.163 e. The van der Waals surface area contributed by atoms with E-state index in [1.54, 1.807) is 22.7 Å². The zero-order valence-electron chi connectivity index (χ0n) is 18.1. The Hall–Kier alpha value is -1.38. The van der Waals surface area contributed by atoms with E-state index in [-0.39, 0.29) is 0 Å². The molecule has 0 aliphatic carbocycles. The van der Waals surface area contributed by atoms with Gasteiger partial charge in [0.2, 0.25) is 0 Å². The summed E-state index contributed by atoms with van der Waals surface area (Å²) in [7, 11) is 0. The van der Waals surface area contributed by atoms with Gasteiger partial charge in [-0.2, -0.15) is 0 Å². The Balaban J connectivity index is 1.68. The number of rotatable bonds is 10. The van der Waals surface area contributed by atoms with Crippen LogP contribution in [-0.4, -0.2) is 20.6 Å². The van der Waals surface area contributed by atoms with E-state index < -0.39 is 0 Å². The van der Waals surface area contributed by atoms with Crippen molar-refractivity contribution in [3.8, 4) is 0 Å². The Morgan fingerprint density at radius 1 is 0.839 bits per heavy atom. The van der Waals surface area contributed by atoms with Crippen molar-refractivity contribution in [2.75, 3.05) is 6.54 Å². The van der Waals surface area contributed by atoms with Crippen LogP contribution in [0.3, 0.4) is 0 Å². The third-order valence-electron chi connectivity index (χ3n) is 5.89. The minimum absolute atomic E-state index is 0.679. The molecule has 0 aliphatic rings. The van der Waals surface area contributed by atoms with Crippen LogP contribution in [-0.2, 0) is 13.3 Å².